The average Bonchev–Trinajstić information content (AvgIpc) is 2.55. The van der Waals surface area contributed by atoms with E-state index < -0.39 is 54.1 Å². The second-order valence-electron chi connectivity index (χ2n) is 6.05. The van der Waals surface area contributed by atoms with Crippen LogP contribution in [0.4, 0.5) is 0 Å². The van der Waals surface area contributed by atoms with Crippen molar-refractivity contribution in [2.45, 2.75) is 57.7 Å². The van der Waals surface area contributed by atoms with Crippen molar-refractivity contribution in [1.82, 2.24) is 10.6 Å². The first-order valence-corrected chi connectivity index (χ1v) is 8.15. The first kappa shape index (κ1) is 23.3. The number of carboxylic acid groups (broad SMARTS) is 1. The van der Waals surface area contributed by atoms with Crippen LogP contribution in [-0.4, -0.2) is 52.8 Å². The molecule has 11 heteroatoms. The molecule has 0 aromatic heterocycles. The molecule has 0 radical (unpaired) electrons. The van der Waals surface area contributed by atoms with Gasteiger partial charge in [-0.2, -0.15) is 0 Å². The molecule has 11 nitrogen and oxygen atoms in total. The van der Waals surface area contributed by atoms with E-state index in [1.54, 1.807) is 13.8 Å². The highest BCUT2D eigenvalue weighted by atomic mass is 16.4. The van der Waals surface area contributed by atoms with Gasteiger partial charge in [-0.05, 0) is 12.3 Å². The Balaban J connectivity index is 5.09. The molecule has 0 heterocycles. The summed E-state index contributed by atoms with van der Waals surface area (Å²) in [7, 11) is 0. The largest absolute Gasteiger partial charge is 0.480 e. The normalized spacial score (nSPS) is 15.2. The van der Waals surface area contributed by atoms with Crippen molar-refractivity contribution in [2.24, 2.45) is 23.1 Å². The minimum Gasteiger partial charge on any atom is -0.480 e. The molecule has 0 spiro atoms. The Bertz CT molecular complexity index is 553. The third kappa shape index (κ3) is 8.42. The van der Waals surface area contributed by atoms with E-state index in [1.807, 2.05) is 0 Å². The van der Waals surface area contributed by atoms with Crippen LogP contribution in [0.1, 0.15) is 39.5 Å². The lowest BCUT2D eigenvalue weighted by Gasteiger charge is -2.26. The summed E-state index contributed by atoms with van der Waals surface area (Å²) in [5.74, 6) is -4.72. The molecule has 0 bridgehead atoms. The number of aliphatic carboxylic acids is 1. The van der Waals surface area contributed by atoms with Gasteiger partial charge < -0.3 is 32.9 Å². The monoisotopic (exact) mass is 373 g/mol. The van der Waals surface area contributed by atoms with Crippen molar-refractivity contribution in [1.29, 1.82) is 0 Å². The fraction of sp³-hybridized carbons (Fsp3) is 0.667. The SMILES string of the molecule is CC[C@H](C)[C@H](NC(=O)[C@@H](N)CCC(N)=O)C(=O)N[C@@H](CC(N)=O)C(=O)O. The number of hydrogen-bond acceptors (Lipinski definition) is 6. The van der Waals surface area contributed by atoms with Crippen LogP contribution in [-0.2, 0) is 24.0 Å². The maximum atomic E-state index is 12.4. The van der Waals surface area contributed by atoms with Gasteiger partial charge in [0.15, 0.2) is 0 Å². The third-order valence-electron chi connectivity index (χ3n) is 3.85. The Morgan fingerprint density at radius 2 is 1.58 bits per heavy atom. The van der Waals surface area contributed by atoms with Gasteiger partial charge in [-0.25, -0.2) is 4.79 Å². The van der Waals surface area contributed by atoms with Crippen LogP contribution < -0.4 is 27.8 Å². The molecule has 0 saturated carbocycles. The van der Waals surface area contributed by atoms with Gasteiger partial charge >= 0.3 is 5.97 Å². The lowest BCUT2D eigenvalue weighted by atomic mass is 9.97. The van der Waals surface area contributed by atoms with E-state index in [2.05, 4.69) is 10.6 Å². The number of carbonyl (C=O) groups excluding carboxylic acids is 4. The first-order chi connectivity index (χ1) is 12.0. The molecule has 0 aromatic carbocycles. The predicted molar refractivity (Wildman–Crippen MR) is 91.2 cm³/mol. The third-order valence-corrected chi connectivity index (χ3v) is 3.85. The molecule has 0 aliphatic heterocycles. The zero-order valence-corrected chi connectivity index (χ0v) is 14.9. The van der Waals surface area contributed by atoms with Gasteiger partial charge in [0.1, 0.15) is 12.1 Å². The summed E-state index contributed by atoms with van der Waals surface area (Å²) in [4.78, 5) is 57.4. The van der Waals surface area contributed by atoms with E-state index in [4.69, 9.17) is 22.3 Å². The van der Waals surface area contributed by atoms with E-state index in [0.717, 1.165) is 0 Å². The van der Waals surface area contributed by atoms with Crippen molar-refractivity contribution < 1.29 is 29.1 Å². The van der Waals surface area contributed by atoms with Crippen molar-refractivity contribution in [3.05, 3.63) is 0 Å². The number of rotatable bonds is 12. The summed E-state index contributed by atoms with van der Waals surface area (Å²) >= 11 is 0. The highest BCUT2D eigenvalue weighted by Crippen LogP contribution is 2.10. The van der Waals surface area contributed by atoms with Crippen molar-refractivity contribution in [3.63, 3.8) is 0 Å². The van der Waals surface area contributed by atoms with Crippen molar-refractivity contribution in [3.8, 4) is 0 Å². The molecular formula is C15H27N5O6. The summed E-state index contributed by atoms with van der Waals surface area (Å²) in [5.41, 5.74) is 15.6. The molecule has 4 amide bonds. The summed E-state index contributed by atoms with van der Waals surface area (Å²) in [5, 5.41) is 13.7. The standard InChI is InChI=1S/C15H27N5O6/c1-3-7(2)12(20-13(23)8(16)4-5-10(17)21)14(24)19-9(15(25)26)6-11(18)22/h7-9,12H,3-6,16H2,1-2H3,(H2,17,21)(H2,18,22)(H,19,24)(H,20,23)(H,25,26)/t7-,8-,9-,12-/m0/s1. The Morgan fingerprint density at radius 3 is 2.00 bits per heavy atom. The Morgan fingerprint density at radius 1 is 1.00 bits per heavy atom. The van der Waals surface area contributed by atoms with Crippen LogP contribution in [0.2, 0.25) is 0 Å². The topological polar surface area (TPSA) is 208 Å². The van der Waals surface area contributed by atoms with Gasteiger partial charge in [0.2, 0.25) is 23.6 Å². The van der Waals surface area contributed by atoms with Crippen LogP contribution in [0.15, 0.2) is 0 Å². The van der Waals surface area contributed by atoms with E-state index in [0.29, 0.717) is 6.42 Å². The van der Waals surface area contributed by atoms with Crippen LogP contribution in [0.5, 0.6) is 0 Å². The van der Waals surface area contributed by atoms with Crippen LogP contribution in [0.3, 0.4) is 0 Å². The number of carbonyl (C=O) groups is 5. The fourth-order valence-electron chi connectivity index (χ4n) is 2.05. The number of hydrogen-bond donors (Lipinski definition) is 6. The molecule has 0 unspecified atom stereocenters. The molecule has 0 fully saturated rings. The highest BCUT2D eigenvalue weighted by molar-refractivity contribution is 5.93. The summed E-state index contributed by atoms with van der Waals surface area (Å²) in [6.07, 6.45) is -0.160. The van der Waals surface area contributed by atoms with E-state index in [1.165, 1.54) is 0 Å². The van der Waals surface area contributed by atoms with E-state index in [-0.39, 0.29) is 18.8 Å². The minimum absolute atomic E-state index is 0.00936. The molecule has 4 atom stereocenters. The van der Waals surface area contributed by atoms with E-state index >= 15 is 0 Å². The van der Waals surface area contributed by atoms with E-state index in [9.17, 15) is 24.0 Å². The number of nitrogens with one attached hydrogen (secondary N) is 2. The van der Waals surface area contributed by atoms with Gasteiger partial charge in [0, 0.05) is 6.42 Å². The summed E-state index contributed by atoms with van der Waals surface area (Å²) in [6, 6.07) is -3.63. The lowest BCUT2D eigenvalue weighted by molar-refractivity contribution is -0.144. The Hall–Kier alpha value is -2.69. The predicted octanol–water partition coefficient (Wildman–Crippen LogP) is -2.45. The van der Waals surface area contributed by atoms with Gasteiger partial charge in [-0.1, -0.05) is 20.3 Å². The first-order valence-electron chi connectivity index (χ1n) is 8.15. The number of primary amides is 2. The maximum absolute atomic E-state index is 12.4. The van der Waals surface area contributed by atoms with Gasteiger partial charge in [-0.3, -0.25) is 19.2 Å². The molecule has 26 heavy (non-hydrogen) atoms. The molecule has 148 valence electrons. The van der Waals surface area contributed by atoms with Crippen LogP contribution in [0, 0.1) is 5.92 Å². The fourth-order valence-corrected chi connectivity index (χ4v) is 2.05. The Labute approximate surface area is 151 Å². The van der Waals surface area contributed by atoms with Crippen LogP contribution >= 0.6 is 0 Å². The quantitative estimate of drug-likeness (QED) is 0.217. The van der Waals surface area contributed by atoms with Crippen LogP contribution in [0.25, 0.3) is 0 Å². The van der Waals surface area contributed by atoms with Crippen molar-refractivity contribution >= 4 is 29.6 Å². The highest BCUT2D eigenvalue weighted by Gasteiger charge is 2.31. The van der Waals surface area contributed by atoms with Gasteiger partial charge in [0.05, 0.1) is 12.5 Å². The maximum Gasteiger partial charge on any atom is 0.326 e. The lowest BCUT2D eigenvalue weighted by Crippen LogP contribution is -2.57. The second-order valence-corrected chi connectivity index (χ2v) is 6.05. The molecule has 0 aliphatic rings. The molecule has 9 N–H and O–H groups in total. The van der Waals surface area contributed by atoms with Crippen molar-refractivity contribution in [2.75, 3.05) is 0 Å². The minimum atomic E-state index is -1.51. The molecule has 0 saturated heterocycles. The van der Waals surface area contributed by atoms with Gasteiger partial charge in [0.25, 0.3) is 0 Å². The molecule has 0 rings (SSSR count). The summed E-state index contributed by atoms with van der Waals surface area (Å²) < 4.78 is 0. The number of amides is 4. The number of nitrogens with two attached hydrogens (primary N) is 3. The van der Waals surface area contributed by atoms with Gasteiger partial charge in [-0.15, -0.1) is 0 Å². The average molecular weight is 373 g/mol. The summed E-state index contributed by atoms with van der Waals surface area (Å²) in [6.45, 7) is 3.46. The zero-order chi connectivity index (χ0) is 20.4. The molecular weight excluding hydrogens is 346 g/mol. The molecule has 0 aliphatic carbocycles. The second kappa shape index (κ2) is 11.0. The number of carboxylic acids is 1. The Kier molecular flexibility index (Phi) is 9.89. The zero-order valence-electron chi connectivity index (χ0n) is 14.9. The molecule has 0 aromatic rings. The smallest absolute Gasteiger partial charge is 0.326 e.